The maximum atomic E-state index is 13.5. The summed E-state index contributed by atoms with van der Waals surface area (Å²) in [5.41, 5.74) is 2.79. The summed E-state index contributed by atoms with van der Waals surface area (Å²) in [5.74, 6) is 0.145. The van der Waals surface area contributed by atoms with Crippen LogP contribution in [0.4, 0.5) is 5.69 Å². The quantitative estimate of drug-likeness (QED) is 0.767. The number of para-hydroxylation sites is 1. The highest BCUT2D eigenvalue weighted by Gasteiger charge is 2.45. The van der Waals surface area contributed by atoms with E-state index in [1.807, 2.05) is 6.07 Å². The van der Waals surface area contributed by atoms with Gasteiger partial charge in [-0.3, -0.25) is 14.6 Å². The van der Waals surface area contributed by atoms with E-state index >= 15 is 0 Å². The summed E-state index contributed by atoms with van der Waals surface area (Å²) in [6.07, 6.45) is 6.98. The predicted octanol–water partition coefficient (Wildman–Crippen LogP) is 3.56. The highest BCUT2D eigenvalue weighted by molar-refractivity contribution is 5.99. The van der Waals surface area contributed by atoms with Crippen molar-refractivity contribution in [3.05, 3.63) is 29.3 Å². The van der Waals surface area contributed by atoms with Crippen molar-refractivity contribution in [2.75, 3.05) is 39.0 Å². The average Bonchev–Trinajstić information content (AvgIpc) is 2.71. The van der Waals surface area contributed by atoms with Crippen LogP contribution >= 0.6 is 0 Å². The molecule has 1 aliphatic heterocycles. The van der Waals surface area contributed by atoms with E-state index in [1.165, 1.54) is 25.7 Å². The number of amides is 1. The number of aryl methyl sites for hydroxylation is 2. The Morgan fingerprint density at radius 3 is 2.34 bits per heavy atom. The van der Waals surface area contributed by atoms with E-state index < -0.39 is 5.54 Å². The van der Waals surface area contributed by atoms with Crippen LogP contribution in [0.3, 0.4) is 0 Å². The van der Waals surface area contributed by atoms with Gasteiger partial charge in [-0.05, 0) is 71.3 Å². The number of carbonyl (C=O) groups is 1. The second-order valence-electron chi connectivity index (χ2n) is 9.20. The summed E-state index contributed by atoms with van der Waals surface area (Å²) in [5, 5.41) is 6.99. The number of piperidine rings is 1. The van der Waals surface area contributed by atoms with Gasteiger partial charge >= 0.3 is 0 Å². The molecule has 1 heterocycles. The van der Waals surface area contributed by atoms with Crippen LogP contribution in [-0.2, 0) is 4.79 Å². The van der Waals surface area contributed by atoms with Gasteiger partial charge in [-0.15, -0.1) is 0 Å². The Kier molecular flexibility index (Phi) is 7.36. The van der Waals surface area contributed by atoms with Crippen LogP contribution in [0.5, 0.6) is 0 Å². The highest BCUT2D eigenvalue weighted by Crippen LogP contribution is 2.33. The molecule has 3 rings (SSSR count). The van der Waals surface area contributed by atoms with Crippen molar-refractivity contribution in [2.24, 2.45) is 0 Å². The summed E-state index contributed by atoms with van der Waals surface area (Å²) in [7, 11) is 4.12. The molecule has 1 aliphatic carbocycles. The van der Waals surface area contributed by atoms with Crippen molar-refractivity contribution in [1.29, 1.82) is 0 Å². The summed E-state index contributed by atoms with van der Waals surface area (Å²) in [6.45, 7) is 9.36. The summed E-state index contributed by atoms with van der Waals surface area (Å²) in [6, 6.07) is 7.40. The minimum absolute atomic E-state index is 0.145. The standard InChI is InChI=1S/C24H40N4O/c1-6-25-20-12-7-8-13-21(20)28-16-14-24(15-17-28,27(4)5)23(29)26-22-18(2)10-9-11-19(22)3/h9-11,20-21,25H,6-8,12-17H2,1-5H3,(H,26,29). The monoisotopic (exact) mass is 400 g/mol. The van der Waals surface area contributed by atoms with E-state index in [4.69, 9.17) is 0 Å². The highest BCUT2D eigenvalue weighted by atomic mass is 16.2. The molecular weight excluding hydrogens is 360 g/mol. The van der Waals surface area contributed by atoms with Crippen LogP contribution < -0.4 is 10.6 Å². The van der Waals surface area contributed by atoms with Gasteiger partial charge in [0, 0.05) is 30.9 Å². The molecule has 2 aliphatic rings. The SMILES string of the molecule is CCNC1CCCCC1N1CCC(C(=O)Nc2c(C)cccc2C)(N(C)C)CC1. The van der Waals surface area contributed by atoms with Crippen molar-refractivity contribution in [2.45, 2.75) is 76.9 Å². The molecular formula is C24H40N4O. The first-order valence-corrected chi connectivity index (χ1v) is 11.4. The molecule has 5 nitrogen and oxygen atoms in total. The van der Waals surface area contributed by atoms with Crippen LogP contribution in [-0.4, -0.2) is 67.1 Å². The van der Waals surface area contributed by atoms with Gasteiger partial charge in [0.1, 0.15) is 5.54 Å². The lowest BCUT2D eigenvalue weighted by Gasteiger charge is -2.49. The summed E-state index contributed by atoms with van der Waals surface area (Å²) < 4.78 is 0. The smallest absolute Gasteiger partial charge is 0.244 e. The zero-order valence-electron chi connectivity index (χ0n) is 19.1. The van der Waals surface area contributed by atoms with Crippen LogP contribution in [0.2, 0.25) is 0 Å². The van der Waals surface area contributed by atoms with E-state index in [-0.39, 0.29) is 5.91 Å². The molecule has 1 aromatic carbocycles. The van der Waals surface area contributed by atoms with E-state index in [0.29, 0.717) is 12.1 Å². The van der Waals surface area contributed by atoms with Gasteiger partial charge in [0.05, 0.1) is 0 Å². The van der Waals surface area contributed by atoms with Gasteiger partial charge in [-0.25, -0.2) is 0 Å². The van der Waals surface area contributed by atoms with Crippen molar-refractivity contribution in [1.82, 2.24) is 15.1 Å². The maximum absolute atomic E-state index is 13.5. The molecule has 2 N–H and O–H groups in total. The largest absolute Gasteiger partial charge is 0.324 e. The second kappa shape index (κ2) is 9.59. The molecule has 0 spiro atoms. The first kappa shape index (κ1) is 22.3. The fourth-order valence-electron chi connectivity index (χ4n) is 5.39. The van der Waals surface area contributed by atoms with E-state index in [1.54, 1.807) is 0 Å². The Hall–Kier alpha value is -1.43. The molecule has 0 bridgehead atoms. The number of likely N-dealkylation sites (tertiary alicyclic amines) is 1. The molecule has 2 fully saturated rings. The minimum Gasteiger partial charge on any atom is -0.324 e. The van der Waals surface area contributed by atoms with Gasteiger partial charge in [-0.2, -0.15) is 0 Å². The molecule has 0 radical (unpaired) electrons. The zero-order valence-corrected chi connectivity index (χ0v) is 19.1. The minimum atomic E-state index is -0.437. The van der Waals surface area contributed by atoms with Crippen molar-refractivity contribution < 1.29 is 4.79 Å². The normalized spacial score (nSPS) is 25.2. The second-order valence-corrected chi connectivity index (χ2v) is 9.20. The Bertz CT molecular complexity index is 672. The number of benzene rings is 1. The predicted molar refractivity (Wildman–Crippen MR) is 121 cm³/mol. The lowest BCUT2D eigenvalue weighted by Crippen LogP contribution is -2.62. The number of rotatable bonds is 6. The third-order valence-corrected chi connectivity index (χ3v) is 7.29. The molecule has 0 aromatic heterocycles. The third kappa shape index (κ3) is 4.68. The number of hydrogen-bond acceptors (Lipinski definition) is 4. The summed E-state index contributed by atoms with van der Waals surface area (Å²) in [4.78, 5) is 18.3. The number of carbonyl (C=O) groups excluding carboxylic acids is 1. The van der Waals surface area contributed by atoms with Crippen molar-refractivity contribution in [3.8, 4) is 0 Å². The molecule has 2 atom stereocenters. The number of likely N-dealkylation sites (N-methyl/N-ethyl adjacent to an activating group) is 2. The molecule has 5 heteroatoms. The van der Waals surface area contributed by atoms with Gasteiger partial charge in [0.2, 0.25) is 5.91 Å². The van der Waals surface area contributed by atoms with Crippen molar-refractivity contribution >= 4 is 11.6 Å². The van der Waals surface area contributed by atoms with Gasteiger partial charge < -0.3 is 10.6 Å². The molecule has 1 saturated carbocycles. The van der Waals surface area contributed by atoms with Crippen LogP contribution in [0.1, 0.15) is 56.6 Å². The fraction of sp³-hybridized carbons (Fsp3) is 0.708. The Labute approximate surface area is 177 Å². The van der Waals surface area contributed by atoms with E-state index in [2.05, 4.69) is 67.4 Å². The fourth-order valence-corrected chi connectivity index (χ4v) is 5.39. The first-order chi connectivity index (χ1) is 13.9. The first-order valence-electron chi connectivity index (χ1n) is 11.4. The van der Waals surface area contributed by atoms with Crippen LogP contribution in [0.25, 0.3) is 0 Å². The summed E-state index contributed by atoms with van der Waals surface area (Å²) >= 11 is 0. The Balaban J connectivity index is 1.72. The van der Waals surface area contributed by atoms with Crippen LogP contribution in [0.15, 0.2) is 18.2 Å². The maximum Gasteiger partial charge on any atom is 0.244 e. The van der Waals surface area contributed by atoms with Crippen molar-refractivity contribution in [3.63, 3.8) is 0 Å². The molecule has 2 unspecified atom stereocenters. The average molecular weight is 401 g/mol. The molecule has 162 valence electrons. The van der Waals surface area contributed by atoms with Gasteiger partial charge in [0.15, 0.2) is 0 Å². The van der Waals surface area contributed by atoms with Gasteiger partial charge in [0.25, 0.3) is 0 Å². The van der Waals surface area contributed by atoms with E-state index in [9.17, 15) is 4.79 Å². The number of anilines is 1. The third-order valence-electron chi connectivity index (χ3n) is 7.29. The van der Waals surface area contributed by atoms with Gasteiger partial charge in [-0.1, -0.05) is 38.0 Å². The number of hydrogen-bond donors (Lipinski definition) is 2. The molecule has 1 aromatic rings. The lowest BCUT2D eigenvalue weighted by molar-refractivity contribution is -0.130. The Morgan fingerprint density at radius 1 is 1.14 bits per heavy atom. The van der Waals surface area contributed by atoms with E-state index in [0.717, 1.165) is 49.3 Å². The molecule has 1 amide bonds. The lowest BCUT2D eigenvalue weighted by atomic mass is 9.82. The van der Waals surface area contributed by atoms with Crippen LogP contribution in [0, 0.1) is 13.8 Å². The molecule has 1 saturated heterocycles. The zero-order chi connectivity index (χ0) is 21.0. The molecule has 29 heavy (non-hydrogen) atoms. The Morgan fingerprint density at radius 2 is 1.76 bits per heavy atom. The number of nitrogens with one attached hydrogen (secondary N) is 2. The topological polar surface area (TPSA) is 47.6 Å². The number of nitrogens with zero attached hydrogens (tertiary/aromatic N) is 2.